The van der Waals surface area contributed by atoms with E-state index in [2.05, 4.69) is 5.32 Å². The molecule has 0 amide bonds. The van der Waals surface area contributed by atoms with Gasteiger partial charge in [-0.15, -0.1) is 0 Å². The van der Waals surface area contributed by atoms with E-state index in [1.807, 2.05) is 13.8 Å². The Morgan fingerprint density at radius 3 is 1.94 bits per heavy atom. The molecule has 7 nitrogen and oxygen atoms in total. The van der Waals surface area contributed by atoms with Crippen LogP contribution < -0.4 is 5.32 Å². The summed E-state index contributed by atoms with van der Waals surface area (Å²) < 4.78 is 0. The average molecular weight is 239 g/mol. The standard InChI is InChI=1S/C10H13N3O4/c1-7(2)6-11-8-3-9(12(14)15)5-10(4-8)13(16)17/h3-5,7,11H,6H2,1-2H3. The van der Waals surface area contributed by atoms with E-state index in [1.165, 1.54) is 12.1 Å². The average Bonchev–Trinajstić information content (AvgIpc) is 2.25. The Hall–Kier alpha value is -2.18. The Kier molecular flexibility index (Phi) is 3.97. The van der Waals surface area contributed by atoms with Crippen LogP contribution in [0.1, 0.15) is 13.8 Å². The molecule has 0 spiro atoms. The highest BCUT2D eigenvalue weighted by atomic mass is 16.6. The Bertz CT molecular complexity index is 413. The molecule has 0 radical (unpaired) electrons. The molecule has 1 N–H and O–H groups in total. The number of hydrogen-bond acceptors (Lipinski definition) is 5. The predicted octanol–water partition coefficient (Wildman–Crippen LogP) is 2.57. The molecule has 1 rings (SSSR count). The lowest BCUT2D eigenvalue weighted by Gasteiger charge is -2.08. The zero-order chi connectivity index (χ0) is 13.0. The second-order valence-corrected chi connectivity index (χ2v) is 4.03. The van der Waals surface area contributed by atoms with Crippen molar-refractivity contribution in [2.45, 2.75) is 13.8 Å². The Labute approximate surface area is 97.7 Å². The minimum Gasteiger partial charge on any atom is -0.384 e. The number of rotatable bonds is 5. The second-order valence-electron chi connectivity index (χ2n) is 4.03. The first-order chi connectivity index (χ1) is 7.90. The number of nitrogens with one attached hydrogen (secondary N) is 1. The number of anilines is 1. The lowest BCUT2D eigenvalue weighted by Crippen LogP contribution is -2.08. The van der Waals surface area contributed by atoms with Crippen molar-refractivity contribution < 1.29 is 9.85 Å². The van der Waals surface area contributed by atoms with Crippen LogP contribution in [0.5, 0.6) is 0 Å². The highest BCUT2D eigenvalue weighted by Crippen LogP contribution is 2.25. The Morgan fingerprint density at radius 1 is 1.12 bits per heavy atom. The summed E-state index contributed by atoms with van der Waals surface area (Å²) in [5.41, 5.74) is -0.185. The van der Waals surface area contributed by atoms with Gasteiger partial charge in [-0.2, -0.15) is 0 Å². The zero-order valence-electron chi connectivity index (χ0n) is 9.54. The maximum absolute atomic E-state index is 10.6. The molecular formula is C10H13N3O4. The first-order valence-electron chi connectivity index (χ1n) is 5.08. The fourth-order valence-electron chi connectivity index (χ4n) is 1.23. The van der Waals surface area contributed by atoms with Gasteiger partial charge in [0.05, 0.1) is 15.9 Å². The fourth-order valence-corrected chi connectivity index (χ4v) is 1.23. The molecule has 7 heteroatoms. The van der Waals surface area contributed by atoms with Crippen LogP contribution in [-0.2, 0) is 0 Å². The van der Waals surface area contributed by atoms with Gasteiger partial charge in [0, 0.05) is 24.4 Å². The van der Waals surface area contributed by atoms with E-state index in [0.29, 0.717) is 18.2 Å². The fraction of sp³-hybridized carbons (Fsp3) is 0.400. The van der Waals surface area contributed by atoms with Crippen LogP contribution in [0.3, 0.4) is 0 Å². The van der Waals surface area contributed by atoms with Crippen LogP contribution >= 0.6 is 0 Å². The maximum atomic E-state index is 10.6. The normalized spacial score (nSPS) is 10.3. The lowest BCUT2D eigenvalue weighted by atomic mass is 10.2. The molecule has 0 heterocycles. The van der Waals surface area contributed by atoms with Gasteiger partial charge in [0.1, 0.15) is 0 Å². The summed E-state index contributed by atoms with van der Waals surface area (Å²) in [6.45, 7) is 4.54. The number of nitro benzene ring substituents is 2. The number of non-ortho nitro benzene ring substituents is 2. The van der Waals surface area contributed by atoms with E-state index in [4.69, 9.17) is 0 Å². The van der Waals surface area contributed by atoms with E-state index in [9.17, 15) is 20.2 Å². The van der Waals surface area contributed by atoms with E-state index in [-0.39, 0.29) is 11.4 Å². The molecule has 0 aromatic heterocycles. The van der Waals surface area contributed by atoms with E-state index < -0.39 is 9.85 Å². The molecule has 0 saturated carbocycles. The van der Waals surface area contributed by atoms with Crippen LogP contribution in [-0.4, -0.2) is 16.4 Å². The van der Waals surface area contributed by atoms with Gasteiger partial charge in [-0.3, -0.25) is 20.2 Å². The first-order valence-corrected chi connectivity index (χ1v) is 5.08. The molecule has 17 heavy (non-hydrogen) atoms. The van der Waals surface area contributed by atoms with Gasteiger partial charge in [-0.25, -0.2) is 0 Å². The van der Waals surface area contributed by atoms with Gasteiger partial charge >= 0.3 is 0 Å². The van der Waals surface area contributed by atoms with Crippen molar-refractivity contribution in [3.05, 3.63) is 38.4 Å². The van der Waals surface area contributed by atoms with Crippen molar-refractivity contribution in [2.24, 2.45) is 5.92 Å². The summed E-state index contributed by atoms with van der Waals surface area (Å²) in [7, 11) is 0. The van der Waals surface area contributed by atoms with Crippen LogP contribution in [0.2, 0.25) is 0 Å². The Balaban J connectivity index is 3.04. The minimum atomic E-state index is -0.645. The van der Waals surface area contributed by atoms with Crippen LogP contribution in [0.4, 0.5) is 17.1 Å². The number of hydrogen-bond donors (Lipinski definition) is 1. The third kappa shape index (κ3) is 3.71. The van der Waals surface area contributed by atoms with Crippen molar-refractivity contribution in [2.75, 3.05) is 11.9 Å². The third-order valence-corrected chi connectivity index (χ3v) is 2.04. The number of nitrogens with zero attached hydrogens (tertiary/aromatic N) is 2. The summed E-state index contributed by atoms with van der Waals surface area (Å²) >= 11 is 0. The topological polar surface area (TPSA) is 98.3 Å². The molecule has 0 aliphatic carbocycles. The maximum Gasteiger partial charge on any atom is 0.278 e. The zero-order valence-corrected chi connectivity index (χ0v) is 9.54. The largest absolute Gasteiger partial charge is 0.384 e. The molecule has 0 saturated heterocycles. The van der Waals surface area contributed by atoms with Gasteiger partial charge in [-0.05, 0) is 5.92 Å². The molecule has 0 fully saturated rings. The van der Waals surface area contributed by atoms with Crippen molar-refractivity contribution in [1.29, 1.82) is 0 Å². The van der Waals surface area contributed by atoms with Gasteiger partial charge in [0.15, 0.2) is 0 Å². The highest BCUT2D eigenvalue weighted by Gasteiger charge is 2.16. The molecule has 0 unspecified atom stereocenters. The summed E-state index contributed by atoms with van der Waals surface area (Å²) in [4.78, 5) is 20.0. The molecule has 1 aromatic carbocycles. The molecule has 0 aliphatic rings. The SMILES string of the molecule is CC(C)CNc1cc([N+](=O)[O-])cc([N+](=O)[O-])c1. The van der Waals surface area contributed by atoms with Gasteiger partial charge in [0.2, 0.25) is 0 Å². The number of nitro groups is 2. The molecule has 0 atom stereocenters. The summed E-state index contributed by atoms with van der Waals surface area (Å²) in [6.07, 6.45) is 0. The molecule has 92 valence electrons. The minimum absolute atomic E-state index is 0.287. The van der Waals surface area contributed by atoms with Crippen molar-refractivity contribution in [1.82, 2.24) is 0 Å². The van der Waals surface area contributed by atoms with Crippen molar-refractivity contribution in [3.63, 3.8) is 0 Å². The predicted molar refractivity (Wildman–Crippen MR) is 63.1 cm³/mol. The van der Waals surface area contributed by atoms with Crippen LogP contribution in [0.25, 0.3) is 0 Å². The Morgan fingerprint density at radius 2 is 1.59 bits per heavy atom. The molecule has 0 aliphatic heterocycles. The van der Waals surface area contributed by atoms with E-state index >= 15 is 0 Å². The first kappa shape index (κ1) is 12.9. The molecule has 1 aromatic rings. The van der Waals surface area contributed by atoms with E-state index in [1.54, 1.807) is 0 Å². The van der Waals surface area contributed by atoms with Gasteiger partial charge in [0.25, 0.3) is 11.4 Å². The van der Waals surface area contributed by atoms with E-state index in [0.717, 1.165) is 6.07 Å². The van der Waals surface area contributed by atoms with Gasteiger partial charge in [-0.1, -0.05) is 13.8 Å². The van der Waals surface area contributed by atoms with Crippen molar-refractivity contribution in [3.8, 4) is 0 Å². The van der Waals surface area contributed by atoms with Crippen LogP contribution in [0, 0.1) is 26.1 Å². The van der Waals surface area contributed by atoms with Crippen LogP contribution in [0.15, 0.2) is 18.2 Å². The monoisotopic (exact) mass is 239 g/mol. The molecular weight excluding hydrogens is 226 g/mol. The van der Waals surface area contributed by atoms with Crippen molar-refractivity contribution >= 4 is 17.1 Å². The summed E-state index contributed by atoms with van der Waals surface area (Å²) in [5.74, 6) is 0.341. The smallest absolute Gasteiger partial charge is 0.278 e. The lowest BCUT2D eigenvalue weighted by molar-refractivity contribution is -0.394. The third-order valence-electron chi connectivity index (χ3n) is 2.04. The number of benzene rings is 1. The summed E-state index contributed by atoms with van der Waals surface area (Å²) in [6, 6.07) is 3.52. The van der Waals surface area contributed by atoms with Gasteiger partial charge < -0.3 is 5.32 Å². The second kappa shape index (κ2) is 5.24. The summed E-state index contributed by atoms with van der Waals surface area (Å²) in [5, 5.41) is 24.2. The molecule has 0 bridgehead atoms. The highest BCUT2D eigenvalue weighted by molar-refractivity contribution is 5.58. The quantitative estimate of drug-likeness (QED) is 0.628.